The lowest BCUT2D eigenvalue weighted by Gasteiger charge is -2.18. The minimum absolute atomic E-state index is 0.326. The van der Waals surface area contributed by atoms with Crippen LogP contribution >= 0.6 is 0 Å². The van der Waals surface area contributed by atoms with Crippen LogP contribution in [0, 0.1) is 38.5 Å². The third-order valence-corrected chi connectivity index (χ3v) is 7.38. The fraction of sp³-hybridized carbons (Fsp3) is 0.710. The highest BCUT2D eigenvalue weighted by Crippen LogP contribution is 2.38. The van der Waals surface area contributed by atoms with Gasteiger partial charge in [-0.15, -0.1) is 0 Å². The van der Waals surface area contributed by atoms with E-state index in [-0.39, 0.29) is 5.97 Å². The maximum absolute atomic E-state index is 11.5. The molecule has 34 heavy (non-hydrogen) atoms. The molecule has 1 aromatic rings. The molecule has 194 valence electrons. The molecule has 0 aliphatic carbocycles. The molecule has 1 rings (SSSR count). The van der Waals surface area contributed by atoms with Crippen LogP contribution in [0.4, 0.5) is 0 Å². The fourth-order valence-corrected chi connectivity index (χ4v) is 4.79. The number of benzene rings is 1. The van der Waals surface area contributed by atoms with E-state index >= 15 is 0 Å². The van der Waals surface area contributed by atoms with Crippen molar-refractivity contribution in [3.8, 4) is 11.5 Å². The lowest BCUT2D eigenvalue weighted by molar-refractivity contribution is -0.131. The van der Waals surface area contributed by atoms with Crippen molar-refractivity contribution in [1.82, 2.24) is 0 Å². The van der Waals surface area contributed by atoms with Gasteiger partial charge >= 0.3 is 5.97 Å². The molecule has 1 N–H and O–H groups in total. The van der Waals surface area contributed by atoms with Crippen LogP contribution in [0.3, 0.4) is 0 Å². The van der Waals surface area contributed by atoms with E-state index in [2.05, 4.69) is 40.7 Å². The topological polar surface area (TPSA) is 46.5 Å². The highest BCUT2D eigenvalue weighted by Gasteiger charge is 2.19. The molecule has 2 unspecified atom stereocenters. The van der Waals surface area contributed by atoms with E-state index in [9.17, 15) is 9.90 Å². The Labute approximate surface area is 210 Å². The van der Waals surface area contributed by atoms with E-state index in [1.807, 2.05) is 20.8 Å². The highest BCUT2D eigenvalue weighted by molar-refractivity contribution is 5.72. The Balaban J connectivity index is 2.48. The van der Waals surface area contributed by atoms with Crippen LogP contribution in [-0.2, 0) is 11.2 Å². The highest BCUT2D eigenvalue weighted by atomic mass is 16.5. The van der Waals surface area contributed by atoms with Crippen LogP contribution < -0.4 is 4.74 Å². The number of hydrogen-bond donors (Lipinski definition) is 1. The molecule has 0 spiro atoms. The molecule has 0 heterocycles. The molecule has 3 heteroatoms. The molecule has 3 nitrogen and oxygen atoms in total. The summed E-state index contributed by atoms with van der Waals surface area (Å²) in [5, 5.41) is 10.7. The Morgan fingerprint density at radius 2 is 1.41 bits per heavy atom. The van der Waals surface area contributed by atoms with Crippen molar-refractivity contribution in [2.24, 2.45) is 17.8 Å². The van der Waals surface area contributed by atoms with E-state index in [1.165, 1.54) is 57.4 Å². The summed E-state index contributed by atoms with van der Waals surface area (Å²) in [5.74, 6) is 3.07. The number of ether oxygens (including phenoxy) is 1. The van der Waals surface area contributed by atoms with Crippen LogP contribution in [-0.4, -0.2) is 11.1 Å². The van der Waals surface area contributed by atoms with E-state index in [0.717, 1.165) is 59.3 Å². The van der Waals surface area contributed by atoms with Crippen molar-refractivity contribution < 1.29 is 14.6 Å². The van der Waals surface area contributed by atoms with Gasteiger partial charge in [-0.25, -0.2) is 0 Å². The van der Waals surface area contributed by atoms with Crippen molar-refractivity contribution in [2.45, 2.75) is 127 Å². The third kappa shape index (κ3) is 10.7. The van der Waals surface area contributed by atoms with E-state index in [1.54, 1.807) is 0 Å². The molecule has 0 aliphatic rings. The zero-order chi connectivity index (χ0) is 25.8. The molecule has 1 aromatic carbocycles. The number of carbonyl (C=O) groups is 1. The second kappa shape index (κ2) is 15.3. The van der Waals surface area contributed by atoms with Crippen molar-refractivity contribution in [3.63, 3.8) is 0 Å². The molecule has 0 fully saturated rings. The zero-order valence-electron chi connectivity index (χ0n) is 23.6. The van der Waals surface area contributed by atoms with Gasteiger partial charge in [0, 0.05) is 12.5 Å². The fourth-order valence-electron chi connectivity index (χ4n) is 4.79. The van der Waals surface area contributed by atoms with Crippen LogP contribution in [0.15, 0.2) is 11.6 Å². The van der Waals surface area contributed by atoms with Crippen molar-refractivity contribution >= 4 is 5.97 Å². The second-order valence-electron chi connectivity index (χ2n) is 11.2. The van der Waals surface area contributed by atoms with Crippen LogP contribution in [0.2, 0.25) is 0 Å². The third-order valence-electron chi connectivity index (χ3n) is 7.38. The number of phenols is 1. The maximum atomic E-state index is 11.5. The van der Waals surface area contributed by atoms with Crippen LogP contribution in [0.1, 0.15) is 122 Å². The Morgan fingerprint density at radius 1 is 0.853 bits per heavy atom. The zero-order valence-corrected chi connectivity index (χ0v) is 23.6. The number of esters is 1. The number of allylic oxidation sites excluding steroid dienone is 2. The first-order valence-electron chi connectivity index (χ1n) is 13.6. The van der Waals surface area contributed by atoms with Gasteiger partial charge in [0.1, 0.15) is 11.5 Å². The molecule has 0 radical (unpaired) electrons. The van der Waals surface area contributed by atoms with Gasteiger partial charge < -0.3 is 9.84 Å². The Kier molecular flexibility index (Phi) is 13.6. The average molecular weight is 473 g/mol. The van der Waals surface area contributed by atoms with Crippen molar-refractivity contribution in [2.75, 3.05) is 0 Å². The molecular formula is C31H52O3. The first-order valence-corrected chi connectivity index (χ1v) is 13.6. The smallest absolute Gasteiger partial charge is 0.308 e. The van der Waals surface area contributed by atoms with E-state index in [0.29, 0.717) is 11.5 Å². The Morgan fingerprint density at radius 3 is 1.97 bits per heavy atom. The standard InChI is InChI=1S/C31H52O3/c1-21(2)13-10-14-22(3)15-11-16-23(4)17-12-18-24(5)19-20-29-27(8)31(34-28(9)32)26(7)25(6)30(29)33/h18,21-23,33H,10-17,19-20H2,1-9H3/b24-18-. The molecule has 0 saturated carbocycles. The minimum Gasteiger partial charge on any atom is -0.507 e. The van der Waals surface area contributed by atoms with Crippen LogP contribution in [0.25, 0.3) is 0 Å². The summed E-state index contributed by atoms with van der Waals surface area (Å²) in [6.07, 6.45) is 14.5. The number of phenolic OH excluding ortho intramolecular Hbond substituents is 1. The molecule has 0 saturated heterocycles. The molecule has 0 amide bonds. The van der Waals surface area contributed by atoms with Gasteiger partial charge in [0.05, 0.1) is 0 Å². The molecule has 0 aliphatic heterocycles. The monoisotopic (exact) mass is 472 g/mol. The maximum Gasteiger partial charge on any atom is 0.308 e. The molecule has 0 aromatic heterocycles. The van der Waals surface area contributed by atoms with Crippen LogP contribution in [0.5, 0.6) is 11.5 Å². The lowest BCUT2D eigenvalue weighted by atomic mass is 9.91. The van der Waals surface area contributed by atoms with Crippen molar-refractivity contribution in [3.05, 3.63) is 33.9 Å². The summed E-state index contributed by atoms with van der Waals surface area (Å²) in [6, 6.07) is 0. The minimum atomic E-state index is -0.326. The second-order valence-corrected chi connectivity index (χ2v) is 11.2. The summed E-state index contributed by atoms with van der Waals surface area (Å²) in [5.41, 5.74) is 4.75. The summed E-state index contributed by atoms with van der Waals surface area (Å²) in [4.78, 5) is 11.5. The first-order chi connectivity index (χ1) is 15.9. The molecule has 0 bridgehead atoms. The number of hydrogen-bond acceptors (Lipinski definition) is 3. The largest absolute Gasteiger partial charge is 0.507 e. The van der Waals surface area contributed by atoms with Gasteiger partial charge in [-0.3, -0.25) is 4.79 Å². The Bertz CT molecular complexity index is 804. The number of rotatable bonds is 15. The van der Waals surface area contributed by atoms with Gasteiger partial charge in [-0.05, 0) is 87.8 Å². The number of carbonyl (C=O) groups excluding carboxylic acids is 1. The SMILES string of the molecule is CC(=O)Oc1c(C)c(C)c(O)c(CC/C(C)=C\CCC(C)CCCC(C)CCCC(C)C)c1C. The predicted molar refractivity (Wildman–Crippen MR) is 146 cm³/mol. The van der Waals surface area contributed by atoms with Gasteiger partial charge in [0.2, 0.25) is 0 Å². The summed E-state index contributed by atoms with van der Waals surface area (Å²) in [6.45, 7) is 18.8. The number of aromatic hydroxyl groups is 1. The quantitative estimate of drug-likeness (QED) is 0.157. The predicted octanol–water partition coefficient (Wildman–Crippen LogP) is 9.17. The van der Waals surface area contributed by atoms with Gasteiger partial charge in [-0.2, -0.15) is 0 Å². The lowest BCUT2D eigenvalue weighted by Crippen LogP contribution is -2.08. The van der Waals surface area contributed by atoms with Gasteiger partial charge in [0.25, 0.3) is 0 Å². The summed E-state index contributed by atoms with van der Waals surface area (Å²) < 4.78 is 5.46. The molecule has 2 atom stereocenters. The van der Waals surface area contributed by atoms with Gasteiger partial charge in [-0.1, -0.05) is 77.9 Å². The average Bonchev–Trinajstić information content (AvgIpc) is 2.75. The van der Waals surface area contributed by atoms with E-state index < -0.39 is 0 Å². The molecular weight excluding hydrogens is 420 g/mol. The normalized spacial score (nSPS) is 13.9. The summed E-state index contributed by atoms with van der Waals surface area (Å²) >= 11 is 0. The summed E-state index contributed by atoms with van der Waals surface area (Å²) in [7, 11) is 0. The Hall–Kier alpha value is -1.77. The first kappa shape index (κ1) is 30.3. The van der Waals surface area contributed by atoms with Crippen molar-refractivity contribution in [1.29, 1.82) is 0 Å². The van der Waals surface area contributed by atoms with E-state index in [4.69, 9.17) is 4.74 Å². The van der Waals surface area contributed by atoms with Gasteiger partial charge in [0.15, 0.2) is 0 Å².